The molecular formula is C15H23NO4. The van der Waals surface area contributed by atoms with Gasteiger partial charge in [0.15, 0.2) is 11.5 Å². The lowest BCUT2D eigenvalue weighted by molar-refractivity contribution is -0.143. The fourth-order valence-corrected chi connectivity index (χ4v) is 1.82. The number of likely N-dealkylation sites (N-methyl/N-ethyl adjacent to an activating group) is 1. The molecule has 1 atom stereocenters. The first kappa shape index (κ1) is 16.3. The molecule has 0 radical (unpaired) electrons. The van der Waals surface area contributed by atoms with Gasteiger partial charge >= 0.3 is 5.97 Å². The normalized spacial score (nSPS) is 11.8. The molecule has 0 aliphatic heterocycles. The van der Waals surface area contributed by atoms with Crippen LogP contribution in [0, 0.1) is 0 Å². The molecule has 1 aromatic rings. The van der Waals surface area contributed by atoms with Gasteiger partial charge in [0.25, 0.3) is 0 Å². The van der Waals surface area contributed by atoms with E-state index in [4.69, 9.17) is 14.2 Å². The Balaban J connectivity index is 2.74. The lowest BCUT2D eigenvalue weighted by Gasteiger charge is -2.17. The van der Waals surface area contributed by atoms with Crippen LogP contribution in [0.5, 0.6) is 11.5 Å². The van der Waals surface area contributed by atoms with E-state index in [-0.39, 0.29) is 12.6 Å². The third kappa shape index (κ3) is 4.42. The molecule has 0 heterocycles. The Morgan fingerprint density at radius 2 is 2.00 bits per heavy atom. The molecule has 0 spiro atoms. The maximum atomic E-state index is 11.6. The molecule has 1 aromatic carbocycles. The maximum absolute atomic E-state index is 11.6. The second kappa shape index (κ2) is 8.43. The van der Waals surface area contributed by atoms with E-state index in [1.54, 1.807) is 7.11 Å². The SMILES string of the molecule is CCNC(COc1ccc(CC)cc1OC)C(=O)OC. The lowest BCUT2D eigenvalue weighted by Crippen LogP contribution is -2.42. The Bertz CT molecular complexity index is 434. The Labute approximate surface area is 120 Å². The summed E-state index contributed by atoms with van der Waals surface area (Å²) >= 11 is 0. The summed E-state index contributed by atoms with van der Waals surface area (Å²) in [6, 6.07) is 5.30. The first-order valence-electron chi connectivity index (χ1n) is 6.77. The summed E-state index contributed by atoms with van der Waals surface area (Å²) in [5.74, 6) is 0.956. The summed E-state index contributed by atoms with van der Waals surface area (Å²) < 4.78 is 15.7. The van der Waals surface area contributed by atoms with Gasteiger partial charge in [0, 0.05) is 0 Å². The van der Waals surface area contributed by atoms with Gasteiger partial charge in [-0.15, -0.1) is 0 Å². The van der Waals surface area contributed by atoms with Crippen molar-refractivity contribution in [1.82, 2.24) is 5.32 Å². The third-order valence-corrected chi connectivity index (χ3v) is 2.98. The van der Waals surface area contributed by atoms with E-state index in [9.17, 15) is 4.79 Å². The van der Waals surface area contributed by atoms with E-state index in [1.165, 1.54) is 12.7 Å². The van der Waals surface area contributed by atoms with Gasteiger partial charge in [0.2, 0.25) is 0 Å². The summed E-state index contributed by atoms with van der Waals surface area (Å²) in [7, 11) is 2.97. The van der Waals surface area contributed by atoms with Crippen LogP contribution in [0.2, 0.25) is 0 Å². The molecule has 112 valence electrons. The minimum atomic E-state index is -0.486. The number of carbonyl (C=O) groups excluding carboxylic acids is 1. The minimum Gasteiger partial charge on any atom is -0.493 e. The van der Waals surface area contributed by atoms with Crippen LogP contribution in [0.25, 0.3) is 0 Å². The second-order valence-corrected chi connectivity index (χ2v) is 4.28. The molecule has 0 saturated carbocycles. The molecule has 0 aromatic heterocycles. The summed E-state index contributed by atoms with van der Waals surface area (Å²) in [6.07, 6.45) is 0.929. The summed E-state index contributed by atoms with van der Waals surface area (Å²) in [4.78, 5) is 11.6. The van der Waals surface area contributed by atoms with Crippen molar-refractivity contribution in [3.8, 4) is 11.5 Å². The first-order valence-corrected chi connectivity index (χ1v) is 6.77. The van der Waals surface area contributed by atoms with E-state index in [2.05, 4.69) is 12.2 Å². The molecule has 0 saturated heterocycles. The van der Waals surface area contributed by atoms with Crippen LogP contribution in [-0.2, 0) is 16.0 Å². The van der Waals surface area contributed by atoms with Crippen molar-refractivity contribution in [2.24, 2.45) is 0 Å². The Hall–Kier alpha value is -1.75. The highest BCUT2D eigenvalue weighted by molar-refractivity contribution is 5.75. The lowest BCUT2D eigenvalue weighted by atomic mass is 10.1. The predicted octanol–water partition coefficient (Wildman–Crippen LogP) is 1.79. The van der Waals surface area contributed by atoms with Gasteiger partial charge in [-0.05, 0) is 30.7 Å². The molecule has 5 heteroatoms. The van der Waals surface area contributed by atoms with Crippen LogP contribution in [0.15, 0.2) is 18.2 Å². The highest BCUT2D eigenvalue weighted by atomic mass is 16.5. The molecule has 0 amide bonds. The van der Waals surface area contributed by atoms with E-state index < -0.39 is 6.04 Å². The molecule has 0 aliphatic rings. The summed E-state index contributed by atoms with van der Waals surface area (Å²) in [5.41, 5.74) is 1.17. The number of carbonyl (C=O) groups is 1. The highest BCUT2D eigenvalue weighted by Gasteiger charge is 2.19. The zero-order valence-electron chi connectivity index (χ0n) is 12.6. The van der Waals surface area contributed by atoms with Crippen molar-refractivity contribution < 1.29 is 19.0 Å². The Morgan fingerprint density at radius 1 is 1.25 bits per heavy atom. The Kier molecular flexibility index (Phi) is 6.87. The first-order chi connectivity index (χ1) is 9.65. The smallest absolute Gasteiger partial charge is 0.326 e. The number of hydrogen-bond donors (Lipinski definition) is 1. The second-order valence-electron chi connectivity index (χ2n) is 4.28. The average molecular weight is 281 g/mol. The summed E-state index contributed by atoms with van der Waals surface area (Å²) in [6.45, 7) is 4.86. The standard InChI is InChI=1S/C15H23NO4/c1-5-11-7-8-13(14(9-11)18-3)20-10-12(16-6-2)15(17)19-4/h7-9,12,16H,5-6,10H2,1-4H3. The molecule has 0 bridgehead atoms. The molecule has 5 nitrogen and oxygen atoms in total. The van der Waals surface area contributed by atoms with E-state index in [0.29, 0.717) is 18.0 Å². The van der Waals surface area contributed by atoms with Crippen molar-refractivity contribution in [3.63, 3.8) is 0 Å². The van der Waals surface area contributed by atoms with Gasteiger partial charge in [0.1, 0.15) is 12.6 Å². The van der Waals surface area contributed by atoms with Crippen molar-refractivity contribution in [2.45, 2.75) is 26.3 Å². The van der Waals surface area contributed by atoms with Gasteiger partial charge in [-0.25, -0.2) is 0 Å². The topological polar surface area (TPSA) is 56.8 Å². The number of esters is 1. The fourth-order valence-electron chi connectivity index (χ4n) is 1.82. The number of ether oxygens (including phenoxy) is 3. The van der Waals surface area contributed by atoms with Crippen LogP contribution in [0.4, 0.5) is 0 Å². The molecule has 1 unspecified atom stereocenters. The molecule has 0 aliphatic carbocycles. The monoisotopic (exact) mass is 281 g/mol. The highest BCUT2D eigenvalue weighted by Crippen LogP contribution is 2.28. The van der Waals surface area contributed by atoms with E-state index in [1.807, 2.05) is 25.1 Å². The van der Waals surface area contributed by atoms with Crippen molar-refractivity contribution in [2.75, 3.05) is 27.4 Å². The molecular weight excluding hydrogens is 258 g/mol. The predicted molar refractivity (Wildman–Crippen MR) is 77.3 cm³/mol. The largest absolute Gasteiger partial charge is 0.493 e. The van der Waals surface area contributed by atoms with Gasteiger partial charge in [0.05, 0.1) is 14.2 Å². The Morgan fingerprint density at radius 3 is 2.55 bits per heavy atom. The zero-order valence-corrected chi connectivity index (χ0v) is 12.6. The van der Waals surface area contributed by atoms with Crippen LogP contribution in [0.1, 0.15) is 19.4 Å². The number of hydrogen-bond acceptors (Lipinski definition) is 5. The molecule has 1 N–H and O–H groups in total. The van der Waals surface area contributed by atoms with Crippen molar-refractivity contribution in [1.29, 1.82) is 0 Å². The van der Waals surface area contributed by atoms with Gasteiger partial charge in [-0.1, -0.05) is 19.9 Å². The molecule has 0 fully saturated rings. The minimum absolute atomic E-state index is 0.197. The van der Waals surface area contributed by atoms with Gasteiger partial charge < -0.3 is 19.5 Å². The number of methoxy groups -OCH3 is 2. The van der Waals surface area contributed by atoms with Crippen LogP contribution in [0.3, 0.4) is 0 Å². The average Bonchev–Trinajstić information content (AvgIpc) is 2.50. The van der Waals surface area contributed by atoms with E-state index in [0.717, 1.165) is 6.42 Å². The number of aryl methyl sites for hydroxylation is 1. The fraction of sp³-hybridized carbons (Fsp3) is 0.533. The number of benzene rings is 1. The maximum Gasteiger partial charge on any atom is 0.326 e. The van der Waals surface area contributed by atoms with Crippen LogP contribution < -0.4 is 14.8 Å². The van der Waals surface area contributed by atoms with Crippen LogP contribution >= 0.6 is 0 Å². The van der Waals surface area contributed by atoms with Gasteiger partial charge in [-0.3, -0.25) is 4.79 Å². The van der Waals surface area contributed by atoms with Crippen molar-refractivity contribution >= 4 is 5.97 Å². The van der Waals surface area contributed by atoms with Crippen molar-refractivity contribution in [3.05, 3.63) is 23.8 Å². The number of rotatable bonds is 8. The third-order valence-electron chi connectivity index (χ3n) is 2.98. The molecule has 1 rings (SSSR count). The van der Waals surface area contributed by atoms with Gasteiger partial charge in [-0.2, -0.15) is 0 Å². The van der Waals surface area contributed by atoms with Crippen LogP contribution in [-0.4, -0.2) is 39.4 Å². The number of nitrogens with one attached hydrogen (secondary N) is 1. The van der Waals surface area contributed by atoms with E-state index >= 15 is 0 Å². The molecule has 20 heavy (non-hydrogen) atoms. The zero-order chi connectivity index (χ0) is 15.0. The quantitative estimate of drug-likeness (QED) is 0.736. The summed E-state index contributed by atoms with van der Waals surface area (Å²) in [5, 5.41) is 3.02.